The SMILES string of the molecule is N#CCC(=O)OC1CC1. The maximum atomic E-state index is 10.4. The molecule has 1 fully saturated rings. The number of nitrogens with zero attached hydrogens (tertiary/aromatic N) is 1. The summed E-state index contributed by atoms with van der Waals surface area (Å²) in [6, 6.07) is 1.73. The van der Waals surface area contributed by atoms with Crippen LogP contribution in [0.1, 0.15) is 19.3 Å². The van der Waals surface area contributed by atoms with Crippen molar-refractivity contribution in [1.29, 1.82) is 5.26 Å². The summed E-state index contributed by atoms with van der Waals surface area (Å²) in [5.41, 5.74) is 0. The lowest BCUT2D eigenvalue weighted by atomic mass is 10.5. The summed E-state index contributed by atoms with van der Waals surface area (Å²) in [4.78, 5) is 10.4. The molecule has 0 aromatic carbocycles. The van der Waals surface area contributed by atoms with E-state index >= 15 is 0 Å². The predicted octanol–water partition coefficient (Wildman–Crippen LogP) is 0.606. The van der Waals surface area contributed by atoms with Gasteiger partial charge in [0.2, 0.25) is 0 Å². The number of carbonyl (C=O) groups excluding carboxylic acids is 1. The lowest BCUT2D eigenvalue weighted by molar-refractivity contribution is -0.143. The summed E-state index contributed by atoms with van der Waals surface area (Å²) < 4.78 is 4.74. The topological polar surface area (TPSA) is 50.1 Å². The highest BCUT2D eigenvalue weighted by atomic mass is 16.5. The third kappa shape index (κ3) is 2.13. The van der Waals surface area contributed by atoms with Gasteiger partial charge in [0, 0.05) is 0 Å². The molecule has 0 aliphatic heterocycles. The van der Waals surface area contributed by atoms with Crippen LogP contribution in [0.3, 0.4) is 0 Å². The van der Waals surface area contributed by atoms with Gasteiger partial charge in [-0.25, -0.2) is 0 Å². The van der Waals surface area contributed by atoms with E-state index in [9.17, 15) is 4.79 Å². The number of hydrogen-bond acceptors (Lipinski definition) is 3. The molecule has 1 saturated carbocycles. The molecule has 0 saturated heterocycles. The standard InChI is InChI=1S/C6H7NO2/c7-4-3-6(8)9-5-1-2-5/h5H,1-3H2. The molecule has 3 heteroatoms. The van der Waals surface area contributed by atoms with E-state index in [0.717, 1.165) is 12.8 Å². The lowest BCUT2D eigenvalue weighted by Gasteiger charge is -1.95. The Morgan fingerprint density at radius 3 is 2.89 bits per heavy atom. The van der Waals surface area contributed by atoms with Gasteiger partial charge in [-0.1, -0.05) is 0 Å². The summed E-state index contributed by atoms with van der Waals surface area (Å²) in [6.45, 7) is 0. The Morgan fingerprint density at radius 2 is 2.44 bits per heavy atom. The van der Waals surface area contributed by atoms with E-state index in [2.05, 4.69) is 0 Å². The molecule has 0 amide bonds. The first kappa shape index (κ1) is 6.09. The second-order valence-electron chi connectivity index (χ2n) is 2.02. The minimum atomic E-state index is -0.389. The molecule has 0 N–H and O–H groups in total. The van der Waals surface area contributed by atoms with Gasteiger partial charge < -0.3 is 4.74 Å². The first-order valence-electron chi connectivity index (χ1n) is 2.89. The second-order valence-corrected chi connectivity index (χ2v) is 2.02. The highest BCUT2D eigenvalue weighted by molar-refractivity contribution is 5.72. The van der Waals surface area contributed by atoms with Gasteiger partial charge >= 0.3 is 5.97 Å². The van der Waals surface area contributed by atoms with E-state index in [-0.39, 0.29) is 18.5 Å². The van der Waals surface area contributed by atoms with Gasteiger partial charge in [-0.05, 0) is 12.8 Å². The van der Waals surface area contributed by atoms with Crippen LogP contribution in [0.2, 0.25) is 0 Å². The number of rotatable bonds is 2. The fourth-order valence-corrected chi connectivity index (χ4v) is 0.478. The first-order valence-corrected chi connectivity index (χ1v) is 2.89. The zero-order chi connectivity index (χ0) is 6.69. The van der Waals surface area contributed by atoms with Crippen molar-refractivity contribution >= 4 is 5.97 Å². The fraction of sp³-hybridized carbons (Fsp3) is 0.667. The number of carbonyl (C=O) groups is 1. The Hall–Kier alpha value is -1.04. The molecule has 48 valence electrons. The normalized spacial score (nSPS) is 16.3. The zero-order valence-corrected chi connectivity index (χ0v) is 4.96. The van der Waals surface area contributed by atoms with Crippen LogP contribution in [0.25, 0.3) is 0 Å². The van der Waals surface area contributed by atoms with Gasteiger partial charge in [0.1, 0.15) is 12.5 Å². The number of esters is 1. The molecule has 0 spiro atoms. The van der Waals surface area contributed by atoms with E-state index in [1.807, 2.05) is 0 Å². The lowest BCUT2D eigenvalue weighted by Crippen LogP contribution is -2.03. The van der Waals surface area contributed by atoms with Gasteiger partial charge in [-0.15, -0.1) is 0 Å². The van der Waals surface area contributed by atoms with Crippen molar-refractivity contribution in [3.63, 3.8) is 0 Å². The summed E-state index contributed by atoms with van der Waals surface area (Å²) >= 11 is 0. The Labute approximate surface area is 53.2 Å². The maximum absolute atomic E-state index is 10.4. The average molecular weight is 125 g/mol. The number of ether oxygens (including phenoxy) is 1. The summed E-state index contributed by atoms with van der Waals surface area (Å²) in [7, 11) is 0. The van der Waals surface area contributed by atoms with Gasteiger partial charge in [0.05, 0.1) is 6.07 Å². The van der Waals surface area contributed by atoms with Crippen molar-refractivity contribution < 1.29 is 9.53 Å². The molecule has 1 aliphatic rings. The molecule has 0 aromatic heterocycles. The molecule has 0 bridgehead atoms. The molecule has 0 unspecified atom stereocenters. The van der Waals surface area contributed by atoms with E-state index < -0.39 is 0 Å². The van der Waals surface area contributed by atoms with Gasteiger partial charge in [-0.3, -0.25) is 4.79 Å². The highest BCUT2D eigenvalue weighted by Gasteiger charge is 2.25. The Bertz CT molecular complexity index is 155. The second kappa shape index (κ2) is 2.49. The van der Waals surface area contributed by atoms with Crippen LogP contribution in [0.4, 0.5) is 0 Å². The van der Waals surface area contributed by atoms with Crippen molar-refractivity contribution in [3.05, 3.63) is 0 Å². The molecular weight excluding hydrogens is 118 g/mol. The third-order valence-corrected chi connectivity index (χ3v) is 1.05. The quantitative estimate of drug-likeness (QED) is 0.508. The van der Waals surface area contributed by atoms with Crippen molar-refractivity contribution in [2.75, 3.05) is 0 Å². The first-order chi connectivity index (χ1) is 4.33. The van der Waals surface area contributed by atoms with Crippen LogP contribution < -0.4 is 0 Å². The molecule has 1 aliphatic carbocycles. The van der Waals surface area contributed by atoms with Gasteiger partial charge in [-0.2, -0.15) is 5.26 Å². The summed E-state index contributed by atoms with van der Waals surface area (Å²) in [5, 5.41) is 8.02. The average Bonchev–Trinajstić information content (AvgIpc) is 2.50. The highest BCUT2D eigenvalue weighted by Crippen LogP contribution is 2.23. The fourth-order valence-electron chi connectivity index (χ4n) is 0.478. The Morgan fingerprint density at radius 1 is 1.78 bits per heavy atom. The minimum Gasteiger partial charge on any atom is -0.462 e. The summed E-state index contributed by atoms with van der Waals surface area (Å²) in [5.74, 6) is -0.389. The monoisotopic (exact) mass is 125 g/mol. The Kier molecular flexibility index (Phi) is 1.69. The third-order valence-electron chi connectivity index (χ3n) is 1.05. The van der Waals surface area contributed by atoms with Crippen molar-refractivity contribution in [1.82, 2.24) is 0 Å². The van der Waals surface area contributed by atoms with E-state index in [1.165, 1.54) is 0 Å². The van der Waals surface area contributed by atoms with E-state index in [4.69, 9.17) is 10.00 Å². The van der Waals surface area contributed by atoms with Crippen molar-refractivity contribution in [3.8, 4) is 6.07 Å². The molecular formula is C6H7NO2. The van der Waals surface area contributed by atoms with Crippen LogP contribution >= 0.6 is 0 Å². The van der Waals surface area contributed by atoms with E-state index in [0.29, 0.717) is 0 Å². The van der Waals surface area contributed by atoms with Crippen LogP contribution in [0, 0.1) is 11.3 Å². The molecule has 9 heavy (non-hydrogen) atoms. The molecule has 0 atom stereocenters. The number of hydrogen-bond donors (Lipinski definition) is 0. The molecule has 3 nitrogen and oxygen atoms in total. The van der Waals surface area contributed by atoms with Crippen LogP contribution in [-0.4, -0.2) is 12.1 Å². The maximum Gasteiger partial charge on any atom is 0.320 e. The molecule has 0 radical (unpaired) electrons. The van der Waals surface area contributed by atoms with Crippen LogP contribution in [-0.2, 0) is 9.53 Å². The van der Waals surface area contributed by atoms with Crippen LogP contribution in [0.5, 0.6) is 0 Å². The smallest absolute Gasteiger partial charge is 0.320 e. The molecule has 0 aromatic rings. The largest absolute Gasteiger partial charge is 0.462 e. The predicted molar refractivity (Wildman–Crippen MR) is 29.3 cm³/mol. The van der Waals surface area contributed by atoms with Crippen molar-refractivity contribution in [2.24, 2.45) is 0 Å². The van der Waals surface area contributed by atoms with Crippen LogP contribution in [0.15, 0.2) is 0 Å². The Balaban J connectivity index is 2.11. The van der Waals surface area contributed by atoms with Crippen molar-refractivity contribution in [2.45, 2.75) is 25.4 Å². The zero-order valence-electron chi connectivity index (χ0n) is 4.96. The molecule has 0 heterocycles. The number of nitriles is 1. The van der Waals surface area contributed by atoms with Gasteiger partial charge in [0.15, 0.2) is 0 Å². The summed E-state index contributed by atoms with van der Waals surface area (Å²) in [6.07, 6.45) is 1.95. The van der Waals surface area contributed by atoms with Gasteiger partial charge in [0.25, 0.3) is 0 Å². The van der Waals surface area contributed by atoms with E-state index in [1.54, 1.807) is 6.07 Å². The minimum absolute atomic E-state index is 0.115. The molecule has 1 rings (SSSR count).